The van der Waals surface area contributed by atoms with Gasteiger partial charge >= 0.3 is 0 Å². The Kier molecular flexibility index (Phi) is 4.22. The third-order valence-corrected chi connectivity index (χ3v) is 4.92. The van der Waals surface area contributed by atoms with Gasteiger partial charge in [-0.1, -0.05) is 23.2 Å². The Labute approximate surface area is 131 Å². The molecule has 0 unspecified atom stereocenters. The molecule has 2 rings (SSSR count). The van der Waals surface area contributed by atoms with E-state index in [2.05, 4.69) is 19.9 Å². The molecule has 0 bridgehead atoms. The van der Waals surface area contributed by atoms with Crippen molar-refractivity contribution in [2.45, 2.75) is 18.7 Å². The summed E-state index contributed by atoms with van der Waals surface area (Å²) in [6.45, 7) is 3.40. The fourth-order valence-corrected chi connectivity index (χ4v) is 3.14. The van der Waals surface area contributed by atoms with E-state index in [-0.39, 0.29) is 26.6 Å². The predicted octanol–water partition coefficient (Wildman–Crippen LogP) is 2.18. The molecule has 0 fully saturated rings. The van der Waals surface area contributed by atoms with Gasteiger partial charge in [-0.3, -0.25) is 0 Å². The molecule has 112 valence electrons. The molecule has 0 saturated heterocycles. The van der Waals surface area contributed by atoms with E-state index < -0.39 is 10.0 Å². The third-order valence-electron chi connectivity index (χ3n) is 2.70. The molecular formula is C11H11Cl2N5O2S. The SMILES string of the molecule is Cc1nnc(NS(=O)(=O)c2ccc(Cl)c(N)c2Cl)nc1C. The van der Waals surface area contributed by atoms with Crippen LogP contribution in [0.25, 0.3) is 0 Å². The van der Waals surface area contributed by atoms with Crippen LogP contribution in [0.3, 0.4) is 0 Å². The third kappa shape index (κ3) is 3.17. The molecule has 0 aliphatic carbocycles. The molecule has 3 N–H and O–H groups in total. The second-order valence-corrected chi connectivity index (χ2v) is 6.62. The van der Waals surface area contributed by atoms with Crippen molar-refractivity contribution in [1.29, 1.82) is 0 Å². The zero-order valence-electron chi connectivity index (χ0n) is 11.1. The molecule has 10 heteroatoms. The zero-order valence-corrected chi connectivity index (χ0v) is 13.4. The fraction of sp³-hybridized carbons (Fsp3) is 0.182. The van der Waals surface area contributed by atoms with Crippen molar-refractivity contribution in [3.8, 4) is 0 Å². The van der Waals surface area contributed by atoms with Crippen LogP contribution in [0, 0.1) is 13.8 Å². The summed E-state index contributed by atoms with van der Waals surface area (Å²) in [7, 11) is -4.00. The normalized spacial score (nSPS) is 11.4. The van der Waals surface area contributed by atoms with Crippen LogP contribution in [0.5, 0.6) is 0 Å². The van der Waals surface area contributed by atoms with Gasteiger partial charge in [0.25, 0.3) is 16.0 Å². The largest absolute Gasteiger partial charge is 0.396 e. The van der Waals surface area contributed by atoms with E-state index >= 15 is 0 Å². The van der Waals surface area contributed by atoms with Gasteiger partial charge in [0.05, 0.1) is 27.1 Å². The van der Waals surface area contributed by atoms with Crippen LogP contribution in [0.1, 0.15) is 11.4 Å². The highest BCUT2D eigenvalue weighted by atomic mass is 35.5. The van der Waals surface area contributed by atoms with E-state index in [4.69, 9.17) is 28.9 Å². The van der Waals surface area contributed by atoms with Gasteiger partial charge in [0.2, 0.25) is 0 Å². The Balaban J connectivity index is 2.43. The molecule has 21 heavy (non-hydrogen) atoms. The number of aromatic nitrogens is 3. The Morgan fingerprint density at radius 1 is 1.14 bits per heavy atom. The van der Waals surface area contributed by atoms with E-state index in [0.717, 1.165) is 0 Å². The number of nitrogens with zero attached hydrogens (tertiary/aromatic N) is 3. The number of hydrogen-bond donors (Lipinski definition) is 2. The summed E-state index contributed by atoms with van der Waals surface area (Å²) >= 11 is 11.7. The average Bonchev–Trinajstić information content (AvgIpc) is 2.39. The standard InChI is InChI=1S/C11H11Cl2N5O2S/c1-5-6(2)16-17-11(15-5)18-21(19,20)8-4-3-7(12)10(14)9(8)13/h3-4H,14H2,1-2H3,(H,15,17,18). The van der Waals surface area contributed by atoms with Crippen molar-refractivity contribution in [2.75, 3.05) is 10.5 Å². The quantitative estimate of drug-likeness (QED) is 0.823. The number of hydrogen-bond acceptors (Lipinski definition) is 6. The molecule has 0 radical (unpaired) electrons. The Morgan fingerprint density at radius 2 is 1.81 bits per heavy atom. The molecular weight excluding hydrogens is 337 g/mol. The molecule has 1 aromatic heterocycles. The summed E-state index contributed by atoms with van der Waals surface area (Å²) < 4.78 is 26.8. The van der Waals surface area contributed by atoms with E-state index in [1.54, 1.807) is 13.8 Å². The summed E-state index contributed by atoms with van der Waals surface area (Å²) in [6.07, 6.45) is 0. The predicted molar refractivity (Wildman–Crippen MR) is 81.0 cm³/mol. The van der Waals surface area contributed by atoms with Crippen molar-refractivity contribution in [3.05, 3.63) is 33.6 Å². The first-order chi connectivity index (χ1) is 9.72. The summed E-state index contributed by atoms with van der Waals surface area (Å²) in [4.78, 5) is 3.77. The fourth-order valence-electron chi connectivity index (χ4n) is 1.43. The molecule has 0 saturated carbocycles. The van der Waals surface area contributed by atoms with Crippen molar-refractivity contribution in [1.82, 2.24) is 15.2 Å². The minimum Gasteiger partial charge on any atom is -0.396 e. The number of nitrogens with one attached hydrogen (secondary N) is 1. The van der Waals surface area contributed by atoms with Gasteiger partial charge in [0, 0.05) is 0 Å². The number of nitrogen functional groups attached to an aromatic ring is 1. The highest BCUT2D eigenvalue weighted by molar-refractivity contribution is 7.92. The summed E-state index contributed by atoms with van der Waals surface area (Å²) in [5, 5.41) is 7.47. The molecule has 7 nitrogen and oxygen atoms in total. The minimum atomic E-state index is -4.00. The van der Waals surface area contributed by atoms with Crippen LogP contribution in [0.2, 0.25) is 10.0 Å². The van der Waals surface area contributed by atoms with Crippen LogP contribution in [0.15, 0.2) is 17.0 Å². The lowest BCUT2D eigenvalue weighted by Crippen LogP contribution is -2.17. The maximum Gasteiger partial charge on any atom is 0.265 e. The molecule has 0 aliphatic rings. The average molecular weight is 348 g/mol. The lowest BCUT2D eigenvalue weighted by Gasteiger charge is -2.10. The van der Waals surface area contributed by atoms with Gasteiger partial charge in [-0.25, -0.2) is 18.1 Å². The lowest BCUT2D eigenvalue weighted by atomic mass is 10.3. The van der Waals surface area contributed by atoms with E-state index in [1.807, 2.05) is 0 Å². The van der Waals surface area contributed by atoms with Crippen molar-refractivity contribution in [2.24, 2.45) is 0 Å². The number of benzene rings is 1. The first-order valence-corrected chi connectivity index (χ1v) is 7.90. The summed E-state index contributed by atoms with van der Waals surface area (Å²) in [5.74, 6) is -0.150. The summed E-state index contributed by atoms with van der Waals surface area (Å²) in [5.41, 5.74) is 6.77. The molecule has 2 aromatic rings. The minimum absolute atomic E-state index is 0.0136. The van der Waals surface area contributed by atoms with Gasteiger partial charge in [-0.15, -0.1) is 5.10 Å². The number of sulfonamides is 1. The number of nitrogens with two attached hydrogens (primary N) is 1. The molecule has 1 heterocycles. The van der Waals surface area contributed by atoms with Crippen molar-refractivity contribution in [3.63, 3.8) is 0 Å². The van der Waals surface area contributed by atoms with Gasteiger partial charge in [-0.05, 0) is 26.0 Å². The van der Waals surface area contributed by atoms with E-state index in [1.165, 1.54) is 12.1 Å². The van der Waals surface area contributed by atoms with Crippen LogP contribution >= 0.6 is 23.2 Å². The van der Waals surface area contributed by atoms with E-state index in [9.17, 15) is 8.42 Å². The highest BCUT2D eigenvalue weighted by Gasteiger charge is 2.22. The zero-order chi connectivity index (χ0) is 15.8. The van der Waals surface area contributed by atoms with Gasteiger partial charge in [0.15, 0.2) is 0 Å². The summed E-state index contributed by atoms with van der Waals surface area (Å²) in [6, 6.07) is 2.59. The molecule has 0 aliphatic heterocycles. The molecule has 1 aromatic carbocycles. The van der Waals surface area contributed by atoms with Crippen LogP contribution < -0.4 is 10.5 Å². The number of aryl methyl sites for hydroxylation is 2. The topological polar surface area (TPSA) is 111 Å². The molecule has 0 amide bonds. The van der Waals surface area contributed by atoms with Crippen LogP contribution in [-0.2, 0) is 10.0 Å². The number of rotatable bonds is 3. The molecule has 0 spiro atoms. The van der Waals surface area contributed by atoms with Crippen LogP contribution in [-0.4, -0.2) is 23.6 Å². The Hall–Kier alpha value is -1.64. The first kappa shape index (κ1) is 15.7. The second-order valence-electron chi connectivity index (χ2n) is 4.18. The van der Waals surface area contributed by atoms with Crippen LogP contribution in [0.4, 0.5) is 11.6 Å². The van der Waals surface area contributed by atoms with Crippen molar-refractivity contribution < 1.29 is 8.42 Å². The van der Waals surface area contributed by atoms with Crippen molar-refractivity contribution >= 4 is 44.9 Å². The smallest absolute Gasteiger partial charge is 0.265 e. The Bertz CT molecular complexity index is 811. The number of anilines is 2. The molecule has 0 atom stereocenters. The maximum atomic E-state index is 12.3. The monoisotopic (exact) mass is 347 g/mol. The Morgan fingerprint density at radius 3 is 2.43 bits per heavy atom. The second kappa shape index (κ2) is 5.63. The number of halogens is 2. The van der Waals surface area contributed by atoms with Gasteiger partial charge in [0.1, 0.15) is 4.90 Å². The maximum absolute atomic E-state index is 12.3. The van der Waals surface area contributed by atoms with Gasteiger partial charge < -0.3 is 5.73 Å². The van der Waals surface area contributed by atoms with Gasteiger partial charge in [-0.2, -0.15) is 5.10 Å². The van der Waals surface area contributed by atoms with E-state index in [0.29, 0.717) is 11.4 Å². The first-order valence-electron chi connectivity index (χ1n) is 5.66. The highest BCUT2D eigenvalue weighted by Crippen LogP contribution is 2.33. The lowest BCUT2D eigenvalue weighted by molar-refractivity contribution is 0.600.